The van der Waals surface area contributed by atoms with Gasteiger partial charge in [-0.1, -0.05) is 24.3 Å². The Balaban J connectivity index is 1.91. The topological polar surface area (TPSA) is 76.7 Å². The van der Waals surface area contributed by atoms with Gasteiger partial charge in [0.25, 0.3) is 0 Å². The van der Waals surface area contributed by atoms with Gasteiger partial charge in [0.05, 0.1) is 13.2 Å². The molecular weight excluding hydrogens is 356 g/mol. The fourth-order valence-corrected chi connectivity index (χ4v) is 2.83. The van der Waals surface area contributed by atoms with Gasteiger partial charge in [-0.3, -0.25) is 9.59 Å². The van der Waals surface area contributed by atoms with Crippen LogP contribution in [-0.2, 0) is 16.0 Å². The van der Waals surface area contributed by atoms with Crippen molar-refractivity contribution in [1.29, 1.82) is 0 Å². The Morgan fingerprint density at radius 1 is 0.893 bits per heavy atom. The highest BCUT2D eigenvalue weighted by atomic mass is 16.5. The molecule has 2 aromatic carbocycles. The summed E-state index contributed by atoms with van der Waals surface area (Å²) in [7, 11) is 0. The van der Waals surface area contributed by atoms with Crippen molar-refractivity contribution in [2.45, 2.75) is 34.1 Å². The van der Waals surface area contributed by atoms with E-state index in [2.05, 4.69) is 10.6 Å². The number of ether oxygens (including phenoxy) is 2. The van der Waals surface area contributed by atoms with Crippen LogP contribution in [0.25, 0.3) is 0 Å². The molecule has 0 fully saturated rings. The molecule has 2 rings (SSSR count). The minimum atomic E-state index is -0.668. The van der Waals surface area contributed by atoms with E-state index in [1.807, 2.05) is 64.1 Å². The van der Waals surface area contributed by atoms with Crippen molar-refractivity contribution >= 4 is 17.5 Å². The van der Waals surface area contributed by atoms with E-state index in [0.29, 0.717) is 43.4 Å². The molecule has 0 aliphatic rings. The molecule has 0 unspecified atom stereocenters. The van der Waals surface area contributed by atoms with E-state index in [1.165, 1.54) is 0 Å². The Kier molecular flexibility index (Phi) is 7.87. The van der Waals surface area contributed by atoms with Crippen molar-refractivity contribution in [2.75, 3.05) is 25.1 Å². The number of nitrogens with one attached hydrogen (secondary N) is 2. The first-order valence-electron chi connectivity index (χ1n) is 9.50. The summed E-state index contributed by atoms with van der Waals surface area (Å²) in [6.45, 7) is 9.06. The smallest absolute Gasteiger partial charge is 0.313 e. The fourth-order valence-electron chi connectivity index (χ4n) is 2.83. The molecule has 0 aliphatic heterocycles. The molecule has 0 heterocycles. The lowest BCUT2D eigenvalue weighted by Gasteiger charge is -2.13. The van der Waals surface area contributed by atoms with E-state index in [4.69, 9.17) is 9.47 Å². The second-order valence-electron chi connectivity index (χ2n) is 6.37. The first-order chi connectivity index (χ1) is 13.5. The second kappa shape index (κ2) is 10.3. The lowest BCUT2D eigenvalue weighted by Crippen LogP contribution is -2.36. The summed E-state index contributed by atoms with van der Waals surface area (Å²) in [5, 5.41) is 5.35. The Morgan fingerprint density at radius 3 is 2.18 bits per heavy atom. The largest absolute Gasteiger partial charge is 0.490 e. The van der Waals surface area contributed by atoms with Gasteiger partial charge in [-0.2, -0.15) is 0 Å². The van der Waals surface area contributed by atoms with E-state index >= 15 is 0 Å². The Bertz CT molecular complexity index is 813. The molecule has 0 aromatic heterocycles. The van der Waals surface area contributed by atoms with Crippen molar-refractivity contribution in [3.05, 3.63) is 53.1 Å². The number of para-hydroxylation sites is 1. The van der Waals surface area contributed by atoms with Gasteiger partial charge in [-0.25, -0.2) is 0 Å². The highest BCUT2D eigenvalue weighted by molar-refractivity contribution is 6.39. The van der Waals surface area contributed by atoms with Crippen molar-refractivity contribution in [1.82, 2.24) is 5.32 Å². The lowest BCUT2D eigenvalue weighted by atomic mass is 10.1. The molecule has 28 heavy (non-hydrogen) atoms. The highest BCUT2D eigenvalue weighted by Crippen LogP contribution is 2.28. The summed E-state index contributed by atoms with van der Waals surface area (Å²) in [6.07, 6.45) is 0.578. The molecular formula is C22H28N2O4. The monoisotopic (exact) mass is 384 g/mol. The van der Waals surface area contributed by atoms with Crippen LogP contribution in [0.1, 0.15) is 30.5 Å². The standard InChI is InChI=1S/C22H28N2O4/c1-5-27-18-11-10-17(14-19(18)28-6-2)12-13-23-21(25)22(26)24-20-15(3)8-7-9-16(20)4/h7-11,14H,5-6,12-13H2,1-4H3,(H,23,25)(H,24,26). The number of aryl methyl sites for hydroxylation is 2. The van der Waals surface area contributed by atoms with Crippen molar-refractivity contribution in [2.24, 2.45) is 0 Å². The van der Waals surface area contributed by atoms with Gasteiger partial charge >= 0.3 is 11.8 Å². The predicted molar refractivity (Wildman–Crippen MR) is 110 cm³/mol. The maximum Gasteiger partial charge on any atom is 0.313 e. The van der Waals surface area contributed by atoms with E-state index in [9.17, 15) is 9.59 Å². The Morgan fingerprint density at radius 2 is 1.54 bits per heavy atom. The van der Waals surface area contributed by atoms with Gasteiger partial charge in [-0.15, -0.1) is 0 Å². The number of hydrogen-bond donors (Lipinski definition) is 2. The summed E-state index contributed by atoms with van der Waals surface area (Å²) < 4.78 is 11.2. The zero-order chi connectivity index (χ0) is 20.5. The third-order valence-electron chi connectivity index (χ3n) is 4.23. The highest BCUT2D eigenvalue weighted by Gasteiger charge is 2.15. The number of benzene rings is 2. The van der Waals surface area contributed by atoms with Crippen LogP contribution in [-0.4, -0.2) is 31.6 Å². The summed E-state index contributed by atoms with van der Waals surface area (Å²) in [4.78, 5) is 24.3. The number of anilines is 1. The zero-order valence-electron chi connectivity index (χ0n) is 16.9. The van der Waals surface area contributed by atoms with Crippen LogP contribution in [0.2, 0.25) is 0 Å². The molecule has 6 heteroatoms. The number of rotatable bonds is 8. The molecule has 0 saturated carbocycles. The average molecular weight is 384 g/mol. The zero-order valence-corrected chi connectivity index (χ0v) is 16.9. The van der Waals surface area contributed by atoms with Crippen LogP contribution in [0, 0.1) is 13.8 Å². The van der Waals surface area contributed by atoms with Crippen LogP contribution >= 0.6 is 0 Å². The maximum absolute atomic E-state index is 12.2. The normalized spacial score (nSPS) is 10.3. The van der Waals surface area contributed by atoms with Crippen molar-refractivity contribution < 1.29 is 19.1 Å². The third kappa shape index (κ3) is 5.74. The molecule has 0 bridgehead atoms. The van der Waals surface area contributed by atoms with Crippen LogP contribution < -0.4 is 20.1 Å². The number of carbonyl (C=O) groups excluding carboxylic acids is 2. The van der Waals surface area contributed by atoms with Gasteiger partial charge in [-0.05, 0) is 62.9 Å². The Hall–Kier alpha value is -3.02. The number of amides is 2. The van der Waals surface area contributed by atoms with E-state index in [-0.39, 0.29) is 0 Å². The minimum Gasteiger partial charge on any atom is -0.490 e. The predicted octanol–water partition coefficient (Wildman–Crippen LogP) is 3.40. The van der Waals surface area contributed by atoms with Gasteiger partial charge in [0, 0.05) is 12.2 Å². The van der Waals surface area contributed by atoms with Gasteiger partial charge in [0.2, 0.25) is 0 Å². The molecule has 0 saturated heterocycles. The molecule has 0 aliphatic carbocycles. The lowest BCUT2D eigenvalue weighted by molar-refractivity contribution is -0.136. The van der Waals surface area contributed by atoms with E-state index < -0.39 is 11.8 Å². The minimum absolute atomic E-state index is 0.346. The summed E-state index contributed by atoms with van der Waals surface area (Å²) >= 11 is 0. The molecule has 6 nitrogen and oxygen atoms in total. The van der Waals surface area contributed by atoms with Crippen LogP contribution in [0.3, 0.4) is 0 Å². The molecule has 150 valence electrons. The van der Waals surface area contributed by atoms with Gasteiger partial charge in [0.1, 0.15) is 0 Å². The van der Waals surface area contributed by atoms with Crippen LogP contribution in [0.15, 0.2) is 36.4 Å². The molecule has 2 N–H and O–H groups in total. The van der Waals surface area contributed by atoms with Crippen LogP contribution in [0.5, 0.6) is 11.5 Å². The van der Waals surface area contributed by atoms with Gasteiger partial charge < -0.3 is 20.1 Å². The third-order valence-corrected chi connectivity index (χ3v) is 4.23. The molecule has 0 spiro atoms. The summed E-state index contributed by atoms with van der Waals surface area (Å²) in [5.41, 5.74) is 3.50. The first-order valence-corrected chi connectivity index (χ1v) is 9.50. The van der Waals surface area contributed by atoms with Crippen molar-refractivity contribution in [3.63, 3.8) is 0 Å². The van der Waals surface area contributed by atoms with Gasteiger partial charge in [0.15, 0.2) is 11.5 Å². The average Bonchev–Trinajstić information content (AvgIpc) is 2.67. The van der Waals surface area contributed by atoms with E-state index in [1.54, 1.807) is 0 Å². The summed E-state index contributed by atoms with van der Waals surface area (Å²) in [6, 6.07) is 11.4. The fraction of sp³-hybridized carbons (Fsp3) is 0.364. The van der Waals surface area contributed by atoms with Crippen molar-refractivity contribution in [3.8, 4) is 11.5 Å². The number of carbonyl (C=O) groups is 2. The summed E-state index contributed by atoms with van der Waals surface area (Å²) in [5.74, 6) is 0.0591. The number of hydrogen-bond acceptors (Lipinski definition) is 4. The molecule has 0 radical (unpaired) electrons. The molecule has 0 atom stereocenters. The SMILES string of the molecule is CCOc1ccc(CCNC(=O)C(=O)Nc2c(C)cccc2C)cc1OCC. The second-order valence-corrected chi connectivity index (χ2v) is 6.37. The molecule has 2 amide bonds. The van der Waals surface area contributed by atoms with Crippen LogP contribution in [0.4, 0.5) is 5.69 Å². The first kappa shape index (κ1) is 21.3. The Labute approximate surface area is 166 Å². The molecule has 2 aromatic rings. The quantitative estimate of drug-likeness (QED) is 0.684. The maximum atomic E-state index is 12.2. The van der Waals surface area contributed by atoms with E-state index in [0.717, 1.165) is 16.7 Å².